The average Bonchev–Trinajstić information content (AvgIpc) is 2.63. The Labute approximate surface area is 183 Å². The Hall–Kier alpha value is -1.90. The number of rotatable bonds is 7. The number of carbonyl (C=O) groups excluding carboxylic acids is 2. The minimum absolute atomic E-state index is 0.0489. The molecule has 3 nitrogen and oxygen atoms in total. The number of hydrogen-bond donors (Lipinski definition) is 0. The summed E-state index contributed by atoms with van der Waals surface area (Å²) in [6, 6.07) is 0. The van der Waals surface area contributed by atoms with E-state index in [-0.39, 0.29) is 17.5 Å². The van der Waals surface area contributed by atoms with Crippen molar-refractivity contribution in [1.29, 1.82) is 0 Å². The smallest absolute Gasteiger partial charge is 0.173 e. The lowest BCUT2D eigenvalue weighted by Gasteiger charge is -2.59. The lowest BCUT2D eigenvalue weighted by molar-refractivity contribution is -0.171. The zero-order valence-electron chi connectivity index (χ0n) is 20.4. The molecular weight excluding hydrogens is 372 g/mol. The van der Waals surface area contributed by atoms with Crippen LogP contribution in [0.1, 0.15) is 81.1 Å². The quantitative estimate of drug-likeness (QED) is 0.343. The van der Waals surface area contributed by atoms with E-state index in [1.807, 2.05) is 13.8 Å². The minimum atomic E-state index is -1.06. The highest BCUT2D eigenvalue weighted by Gasteiger charge is 2.70. The van der Waals surface area contributed by atoms with Gasteiger partial charge in [0.05, 0.1) is 12.5 Å². The number of ether oxygens (including phenoxy) is 1. The molecule has 1 saturated carbocycles. The number of hydrogen-bond acceptors (Lipinski definition) is 3. The molecule has 2 bridgehead atoms. The van der Waals surface area contributed by atoms with Crippen LogP contribution in [0.4, 0.5) is 0 Å². The van der Waals surface area contributed by atoms with E-state index in [2.05, 4.69) is 59.8 Å². The molecule has 0 aromatic carbocycles. The van der Waals surface area contributed by atoms with Gasteiger partial charge in [0.25, 0.3) is 0 Å². The van der Waals surface area contributed by atoms with Crippen molar-refractivity contribution in [2.75, 3.05) is 7.11 Å². The summed E-state index contributed by atoms with van der Waals surface area (Å²) in [6.07, 6.45) is 10.7. The highest BCUT2D eigenvalue weighted by molar-refractivity contribution is 6.18. The van der Waals surface area contributed by atoms with Gasteiger partial charge in [0, 0.05) is 6.08 Å². The lowest BCUT2D eigenvalue weighted by atomic mass is 9.41. The van der Waals surface area contributed by atoms with Crippen LogP contribution in [0, 0.1) is 22.2 Å². The molecular formula is C27H40O3. The van der Waals surface area contributed by atoms with E-state index in [1.54, 1.807) is 13.2 Å². The lowest BCUT2D eigenvalue weighted by Crippen LogP contribution is -2.65. The van der Waals surface area contributed by atoms with E-state index < -0.39 is 16.2 Å². The van der Waals surface area contributed by atoms with Crippen molar-refractivity contribution in [1.82, 2.24) is 0 Å². The molecule has 0 spiro atoms. The van der Waals surface area contributed by atoms with Crippen LogP contribution in [0.3, 0.4) is 0 Å². The molecule has 30 heavy (non-hydrogen) atoms. The Balaban J connectivity index is 2.81. The molecule has 0 saturated heterocycles. The topological polar surface area (TPSA) is 43.4 Å². The number of allylic oxidation sites excluding steroid dienone is 8. The van der Waals surface area contributed by atoms with E-state index in [0.717, 1.165) is 12.0 Å². The molecule has 1 fully saturated rings. The van der Waals surface area contributed by atoms with Crippen LogP contribution < -0.4 is 0 Å². The first-order valence-corrected chi connectivity index (χ1v) is 11.1. The molecule has 166 valence electrons. The minimum Gasteiger partial charge on any atom is -0.500 e. The standard InChI is InChI=1S/C27H40O3/c1-18(2)10-11-21-17-26(14-12-19(3)4)23(30-9)16-22(28)27(24(26)29,25(21,7)8)15-13-20(5)6/h10,12-13,16,21H,11,14-15,17H2,1-9H3/t21-,26-,27+/m1/s1. The van der Waals surface area contributed by atoms with E-state index in [0.29, 0.717) is 25.0 Å². The predicted molar refractivity (Wildman–Crippen MR) is 124 cm³/mol. The van der Waals surface area contributed by atoms with Gasteiger partial charge in [-0.05, 0) is 78.6 Å². The fourth-order valence-electron chi connectivity index (χ4n) is 5.32. The molecule has 0 N–H and O–H groups in total. The van der Waals surface area contributed by atoms with Crippen LogP contribution >= 0.6 is 0 Å². The fraction of sp³-hybridized carbons (Fsp3) is 0.630. The Morgan fingerprint density at radius 1 is 0.967 bits per heavy atom. The van der Waals surface area contributed by atoms with Crippen LogP contribution in [-0.4, -0.2) is 18.7 Å². The number of methoxy groups -OCH3 is 1. The zero-order chi connectivity index (χ0) is 22.9. The largest absolute Gasteiger partial charge is 0.500 e. The van der Waals surface area contributed by atoms with Crippen molar-refractivity contribution >= 4 is 11.6 Å². The normalized spacial score (nSPS) is 29.6. The van der Waals surface area contributed by atoms with Gasteiger partial charge < -0.3 is 4.74 Å². The van der Waals surface area contributed by atoms with E-state index in [1.165, 1.54) is 11.1 Å². The summed E-state index contributed by atoms with van der Waals surface area (Å²) in [5, 5.41) is 0. The maximum atomic E-state index is 14.3. The molecule has 3 heteroatoms. The third-order valence-electron chi connectivity index (χ3n) is 7.40. The van der Waals surface area contributed by atoms with Gasteiger partial charge >= 0.3 is 0 Å². The summed E-state index contributed by atoms with van der Waals surface area (Å²) in [7, 11) is 1.59. The molecule has 3 atom stereocenters. The Morgan fingerprint density at radius 3 is 2.00 bits per heavy atom. The first kappa shape index (κ1) is 24.4. The predicted octanol–water partition coefficient (Wildman–Crippen LogP) is 6.76. The Kier molecular flexibility index (Phi) is 7.06. The summed E-state index contributed by atoms with van der Waals surface area (Å²) in [5.74, 6) is 0.693. The molecule has 0 amide bonds. The molecule has 0 unspecified atom stereocenters. The summed E-state index contributed by atoms with van der Waals surface area (Å²) in [4.78, 5) is 28.0. The third kappa shape index (κ3) is 3.88. The van der Waals surface area contributed by atoms with Crippen molar-refractivity contribution < 1.29 is 14.3 Å². The highest BCUT2D eigenvalue weighted by Crippen LogP contribution is 2.65. The fourth-order valence-corrected chi connectivity index (χ4v) is 5.32. The van der Waals surface area contributed by atoms with Gasteiger partial charge in [0.2, 0.25) is 0 Å². The van der Waals surface area contributed by atoms with Crippen molar-refractivity contribution in [3.05, 3.63) is 46.8 Å². The van der Waals surface area contributed by atoms with Crippen LogP contribution in [0.2, 0.25) is 0 Å². The van der Waals surface area contributed by atoms with E-state index in [4.69, 9.17) is 4.74 Å². The molecule has 0 radical (unpaired) electrons. The van der Waals surface area contributed by atoms with Gasteiger partial charge in [-0.25, -0.2) is 0 Å². The SMILES string of the molecule is COC1=CC(=O)[C@@]2(CC=C(C)C)C(=O)[C@]1(CC=C(C)C)C[C@@H](CC=C(C)C)C2(C)C. The van der Waals surface area contributed by atoms with Crippen LogP contribution in [-0.2, 0) is 14.3 Å². The molecule has 2 aliphatic carbocycles. The summed E-state index contributed by atoms with van der Waals surface area (Å²) in [6.45, 7) is 16.6. The molecule has 0 aliphatic heterocycles. The first-order chi connectivity index (χ1) is 13.8. The average molecular weight is 413 g/mol. The van der Waals surface area contributed by atoms with Gasteiger partial charge in [-0.3, -0.25) is 9.59 Å². The van der Waals surface area contributed by atoms with Gasteiger partial charge in [0.1, 0.15) is 11.2 Å². The maximum Gasteiger partial charge on any atom is 0.173 e. The summed E-state index contributed by atoms with van der Waals surface area (Å²) >= 11 is 0. The van der Waals surface area contributed by atoms with Gasteiger partial charge in [-0.15, -0.1) is 0 Å². The second-order valence-corrected chi connectivity index (χ2v) is 10.5. The number of carbonyl (C=O) groups is 2. The van der Waals surface area contributed by atoms with Crippen molar-refractivity contribution in [2.45, 2.75) is 81.1 Å². The second kappa shape index (κ2) is 8.69. The Bertz CT molecular complexity index is 824. The molecule has 0 aromatic heterocycles. The van der Waals surface area contributed by atoms with E-state index in [9.17, 15) is 9.59 Å². The Morgan fingerprint density at radius 2 is 1.50 bits per heavy atom. The monoisotopic (exact) mass is 412 g/mol. The van der Waals surface area contributed by atoms with Gasteiger partial charge in [-0.1, -0.05) is 48.8 Å². The molecule has 0 aromatic rings. The highest BCUT2D eigenvalue weighted by atomic mass is 16.5. The van der Waals surface area contributed by atoms with Crippen molar-refractivity contribution in [3.63, 3.8) is 0 Å². The zero-order valence-corrected chi connectivity index (χ0v) is 20.4. The van der Waals surface area contributed by atoms with Gasteiger partial charge in [-0.2, -0.15) is 0 Å². The van der Waals surface area contributed by atoms with Gasteiger partial charge in [0.15, 0.2) is 11.6 Å². The van der Waals surface area contributed by atoms with Crippen molar-refractivity contribution in [2.24, 2.45) is 22.2 Å². The van der Waals surface area contributed by atoms with Crippen molar-refractivity contribution in [3.8, 4) is 0 Å². The van der Waals surface area contributed by atoms with Crippen LogP contribution in [0.15, 0.2) is 46.8 Å². The molecule has 2 rings (SSSR count). The summed E-state index contributed by atoms with van der Waals surface area (Å²) in [5.41, 5.74) is 1.28. The maximum absolute atomic E-state index is 14.3. The molecule has 2 aliphatic rings. The third-order valence-corrected chi connectivity index (χ3v) is 7.40. The molecule has 0 heterocycles. The van der Waals surface area contributed by atoms with Crippen LogP contribution in [0.5, 0.6) is 0 Å². The second-order valence-electron chi connectivity index (χ2n) is 10.5. The number of Topliss-reactive ketones (excluding diaryl/α,β-unsaturated/α-hetero) is 1. The van der Waals surface area contributed by atoms with E-state index >= 15 is 0 Å². The van der Waals surface area contributed by atoms with Crippen LogP contribution in [0.25, 0.3) is 0 Å². The first-order valence-electron chi connectivity index (χ1n) is 11.1. The number of fused-ring (bicyclic) bond motifs is 2. The number of ketones is 2. The summed E-state index contributed by atoms with van der Waals surface area (Å²) < 4.78 is 5.73.